The van der Waals surface area contributed by atoms with Crippen LogP contribution in [0.15, 0.2) is 55.1 Å². The second-order valence-electron chi connectivity index (χ2n) is 7.28. The van der Waals surface area contributed by atoms with Crippen molar-refractivity contribution in [2.24, 2.45) is 0 Å². The molecule has 0 spiro atoms. The van der Waals surface area contributed by atoms with Crippen molar-refractivity contribution >= 4 is 11.1 Å². The first-order valence-electron chi connectivity index (χ1n) is 11.0. The highest BCUT2D eigenvalue weighted by atomic mass is 19.1. The van der Waals surface area contributed by atoms with Gasteiger partial charge in [-0.25, -0.2) is 4.39 Å². The first kappa shape index (κ1) is 26.9. The molecule has 29 heavy (non-hydrogen) atoms. The van der Waals surface area contributed by atoms with Crippen molar-refractivity contribution in [2.45, 2.75) is 80.8 Å². The normalized spacial score (nSPS) is 11.0. The molecule has 0 amide bonds. The van der Waals surface area contributed by atoms with Crippen LogP contribution in [0.2, 0.25) is 0 Å². The van der Waals surface area contributed by atoms with Crippen molar-refractivity contribution in [3.63, 3.8) is 0 Å². The lowest BCUT2D eigenvalue weighted by Crippen LogP contribution is -2.15. The maximum atomic E-state index is 13.8. The second kappa shape index (κ2) is 13.1. The van der Waals surface area contributed by atoms with E-state index >= 15 is 0 Å². The van der Waals surface area contributed by atoms with Crippen LogP contribution in [0.4, 0.5) is 4.39 Å². The van der Waals surface area contributed by atoms with Gasteiger partial charge in [0, 0.05) is 6.42 Å². The summed E-state index contributed by atoms with van der Waals surface area (Å²) in [6.45, 7) is 21.9. The summed E-state index contributed by atoms with van der Waals surface area (Å²) in [6, 6.07) is 14.7. The topological polar surface area (TPSA) is 0 Å². The van der Waals surface area contributed by atoms with E-state index in [4.69, 9.17) is 0 Å². The lowest BCUT2D eigenvalue weighted by Gasteiger charge is -2.17. The van der Waals surface area contributed by atoms with Crippen LogP contribution in [-0.2, 0) is 12.8 Å². The van der Waals surface area contributed by atoms with Crippen LogP contribution >= 0.6 is 0 Å². The molecular formula is C28H41F. The van der Waals surface area contributed by atoms with E-state index in [1.54, 1.807) is 13.8 Å². The van der Waals surface area contributed by atoms with Gasteiger partial charge in [-0.1, -0.05) is 89.7 Å². The number of rotatable bonds is 6. The molecule has 0 aliphatic heterocycles. The van der Waals surface area contributed by atoms with E-state index in [1.807, 2.05) is 46.8 Å². The van der Waals surface area contributed by atoms with Crippen molar-refractivity contribution in [1.29, 1.82) is 0 Å². The van der Waals surface area contributed by atoms with Crippen molar-refractivity contribution in [3.05, 3.63) is 82.9 Å². The zero-order chi connectivity index (χ0) is 22.6. The van der Waals surface area contributed by atoms with Crippen molar-refractivity contribution in [2.75, 3.05) is 0 Å². The molecule has 1 heteroatoms. The molecule has 0 unspecified atom stereocenters. The summed E-state index contributed by atoms with van der Waals surface area (Å²) in [6.07, 6.45) is 3.57. The molecule has 0 saturated heterocycles. The van der Waals surface area contributed by atoms with E-state index in [0.717, 1.165) is 28.7 Å². The van der Waals surface area contributed by atoms with Crippen molar-refractivity contribution in [1.82, 2.24) is 0 Å². The molecule has 0 nitrogen and oxygen atoms in total. The van der Waals surface area contributed by atoms with E-state index in [1.165, 1.54) is 16.7 Å². The van der Waals surface area contributed by atoms with Crippen LogP contribution in [0.5, 0.6) is 0 Å². The molecule has 0 radical (unpaired) electrons. The van der Waals surface area contributed by atoms with Crippen LogP contribution in [0, 0.1) is 6.92 Å². The average molecular weight is 397 g/mol. The standard InChI is InChI=1S/C24H29F.2C2H6/c1-7-19-11-14-23(17(3)15-19)18(4)22(8-2)21-12-9-20(10-13-21)16-24(5,6)25;2*1-2/h8-15H,4,7,16H2,1-3,5-6H3;2*1-2H3/b22-8+;;. The van der Waals surface area contributed by atoms with Crippen LogP contribution in [0.1, 0.15) is 83.2 Å². The van der Waals surface area contributed by atoms with Gasteiger partial charge in [-0.05, 0) is 73.1 Å². The smallest absolute Gasteiger partial charge is 0.109 e. The third kappa shape index (κ3) is 8.40. The number of alkyl halides is 1. The molecule has 0 atom stereocenters. The van der Waals surface area contributed by atoms with Gasteiger partial charge in [0.1, 0.15) is 5.67 Å². The Bertz CT molecular complexity index is 771. The monoisotopic (exact) mass is 396 g/mol. The van der Waals surface area contributed by atoms with Gasteiger partial charge in [-0.3, -0.25) is 0 Å². The second-order valence-corrected chi connectivity index (χ2v) is 7.28. The third-order valence-corrected chi connectivity index (χ3v) is 4.53. The predicted octanol–water partition coefficient (Wildman–Crippen LogP) is 9.02. The number of aryl methyl sites for hydroxylation is 2. The Hall–Kier alpha value is -2.15. The molecule has 0 N–H and O–H groups in total. The van der Waals surface area contributed by atoms with Crippen LogP contribution in [0.25, 0.3) is 11.1 Å². The maximum absolute atomic E-state index is 13.8. The van der Waals surface area contributed by atoms with Gasteiger partial charge in [0.25, 0.3) is 0 Å². The van der Waals surface area contributed by atoms with E-state index in [-0.39, 0.29) is 0 Å². The number of hydrogen-bond donors (Lipinski definition) is 0. The van der Waals surface area contributed by atoms with Gasteiger partial charge in [-0.2, -0.15) is 0 Å². The minimum Gasteiger partial charge on any atom is -0.244 e. The Kier molecular flexibility index (Phi) is 12.2. The molecule has 160 valence electrons. The summed E-state index contributed by atoms with van der Waals surface area (Å²) in [5, 5.41) is 0. The van der Waals surface area contributed by atoms with Gasteiger partial charge in [0.05, 0.1) is 0 Å². The fourth-order valence-electron chi connectivity index (χ4n) is 3.23. The SMILES string of the molecule is C=C(/C(=C\C)c1ccc(CC(C)(C)F)cc1)c1ccc(CC)cc1C.CC.CC. The fourth-order valence-corrected chi connectivity index (χ4v) is 3.23. The molecule has 0 fully saturated rings. The van der Waals surface area contributed by atoms with Gasteiger partial charge in [-0.15, -0.1) is 0 Å². The first-order chi connectivity index (χ1) is 13.7. The largest absolute Gasteiger partial charge is 0.244 e. The maximum Gasteiger partial charge on any atom is 0.109 e. The summed E-state index contributed by atoms with van der Waals surface area (Å²) >= 11 is 0. The van der Waals surface area contributed by atoms with E-state index in [9.17, 15) is 4.39 Å². The highest BCUT2D eigenvalue weighted by molar-refractivity contribution is 6.04. The van der Waals surface area contributed by atoms with Crippen LogP contribution < -0.4 is 0 Å². The van der Waals surface area contributed by atoms with Gasteiger partial charge < -0.3 is 0 Å². The molecule has 0 aliphatic rings. The Morgan fingerprint density at radius 1 is 0.966 bits per heavy atom. The van der Waals surface area contributed by atoms with Crippen LogP contribution in [-0.4, -0.2) is 5.67 Å². The van der Waals surface area contributed by atoms with Crippen LogP contribution in [0.3, 0.4) is 0 Å². The number of hydrogen-bond acceptors (Lipinski definition) is 0. The Morgan fingerprint density at radius 3 is 1.90 bits per heavy atom. The van der Waals surface area contributed by atoms with Crippen molar-refractivity contribution < 1.29 is 4.39 Å². The number of allylic oxidation sites excluding steroid dienone is 3. The van der Waals surface area contributed by atoms with Crippen molar-refractivity contribution in [3.8, 4) is 0 Å². The molecule has 2 rings (SSSR count). The van der Waals surface area contributed by atoms with Gasteiger partial charge >= 0.3 is 0 Å². The Morgan fingerprint density at radius 2 is 1.48 bits per heavy atom. The summed E-state index contributed by atoms with van der Waals surface area (Å²) in [5.74, 6) is 0. The quantitative estimate of drug-likeness (QED) is 0.427. The van der Waals surface area contributed by atoms with Gasteiger partial charge in [0.2, 0.25) is 0 Å². The summed E-state index contributed by atoms with van der Waals surface area (Å²) in [5.41, 5.74) is 6.87. The molecule has 0 heterocycles. The molecule has 0 aliphatic carbocycles. The molecule has 2 aromatic rings. The molecule has 0 saturated carbocycles. The number of halogens is 1. The molecule has 2 aromatic carbocycles. The Labute approximate surface area is 179 Å². The first-order valence-corrected chi connectivity index (χ1v) is 11.0. The molecule has 0 aromatic heterocycles. The highest BCUT2D eigenvalue weighted by Crippen LogP contribution is 2.32. The van der Waals surface area contributed by atoms with Gasteiger partial charge in [0.15, 0.2) is 0 Å². The molecular weight excluding hydrogens is 355 g/mol. The van der Waals surface area contributed by atoms with E-state index < -0.39 is 5.67 Å². The molecule has 0 bridgehead atoms. The minimum absolute atomic E-state index is 0.428. The third-order valence-electron chi connectivity index (χ3n) is 4.53. The predicted molar refractivity (Wildman–Crippen MR) is 131 cm³/mol. The summed E-state index contributed by atoms with van der Waals surface area (Å²) in [7, 11) is 0. The summed E-state index contributed by atoms with van der Waals surface area (Å²) in [4.78, 5) is 0. The Balaban J connectivity index is 0.00000184. The minimum atomic E-state index is -1.19. The zero-order valence-corrected chi connectivity index (χ0v) is 20.1. The van der Waals surface area contributed by atoms with E-state index in [0.29, 0.717) is 6.42 Å². The highest BCUT2D eigenvalue weighted by Gasteiger charge is 2.16. The fraction of sp³-hybridized carbons (Fsp3) is 0.429. The number of benzene rings is 2. The zero-order valence-electron chi connectivity index (χ0n) is 20.1. The lowest BCUT2D eigenvalue weighted by atomic mass is 9.89. The average Bonchev–Trinajstić information content (AvgIpc) is 2.71. The summed E-state index contributed by atoms with van der Waals surface area (Å²) < 4.78 is 13.8. The van der Waals surface area contributed by atoms with E-state index in [2.05, 4.69) is 56.8 Å². The lowest BCUT2D eigenvalue weighted by molar-refractivity contribution is 0.217.